The van der Waals surface area contributed by atoms with Crippen LogP contribution in [0.5, 0.6) is 0 Å². The molecule has 2 rings (SSSR count). The van der Waals surface area contributed by atoms with E-state index in [1.165, 1.54) is 19.4 Å². The van der Waals surface area contributed by atoms with E-state index < -0.39 is 0 Å². The van der Waals surface area contributed by atoms with Crippen LogP contribution in [0.4, 0.5) is 0 Å². The summed E-state index contributed by atoms with van der Waals surface area (Å²) in [5.74, 6) is 0. The minimum Gasteiger partial charge on any atom is -0.393 e. The molecule has 0 aromatic rings. The van der Waals surface area contributed by atoms with Gasteiger partial charge in [-0.05, 0) is 32.2 Å². The molecule has 0 aromatic heterocycles. The number of nitrogens with one attached hydrogen (secondary N) is 1. The van der Waals surface area contributed by atoms with Crippen molar-refractivity contribution in [2.24, 2.45) is 0 Å². The highest BCUT2D eigenvalue weighted by Gasteiger charge is 2.24. The van der Waals surface area contributed by atoms with Crippen molar-refractivity contribution in [3.63, 3.8) is 0 Å². The van der Waals surface area contributed by atoms with E-state index in [9.17, 15) is 5.11 Å². The first-order chi connectivity index (χ1) is 6.36. The van der Waals surface area contributed by atoms with Crippen LogP contribution in [0, 0.1) is 0 Å². The third-order valence-corrected chi connectivity index (χ3v) is 3.29. The molecule has 2 saturated heterocycles. The zero-order chi connectivity index (χ0) is 9.10. The quantitative estimate of drug-likeness (QED) is 0.611. The van der Waals surface area contributed by atoms with Crippen LogP contribution in [0.15, 0.2) is 0 Å². The maximum absolute atomic E-state index is 9.38. The van der Waals surface area contributed by atoms with Gasteiger partial charge in [0.25, 0.3) is 0 Å². The van der Waals surface area contributed by atoms with Crippen LogP contribution in [0.25, 0.3) is 0 Å². The fraction of sp³-hybridized carbons (Fsp3) is 1.00. The number of nitrogens with zero attached hydrogens (tertiary/aromatic N) is 1. The van der Waals surface area contributed by atoms with Crippen LogP contribution in [-0.2, 0) is 0 Å². The summed E-state index contributed by atoms with van der Waals surface area (Å²) in [4.78, 5) is 2.54. The second-order valence-electron chi connectivity index (χ2n) is 4.27. The molecule has 0 saturated carbocycles. The van der Waals surface area contributed by atoms with E-state index in [0.29, 0.717) is 0 Å². The molecule has 0 amide bonds. The molecule has 2 N–H and O–H groups in total. The zero-order valence-electron chi connectivity index (χ0n) is 8.21. The molecule has 0 aromatic carbocycles. The third kappa shape index (κ3) is 2.42. The van der Waals surface area contributed by atoms with E-state index in [0.717, 1.165) is 38.5 Å². The number of hydrogen-bond donors (Lipinski definition) is 2. The molecule has 2 fully saturated rings. The maximum atomic E-state index is 9.38. The summed E-state index contributed by atoms with van der Waals surface area (Å²) in [7, 11) is 0. The Morgan fingerprint density at radius 1 is 1.15 bits per heavy atom. The van der Waals surface area contributed by atoms with Crippen LogP contribution in [0.1, 0.15) is 25.7 Å². The lowest BCUT2D eigenvalue weighted by molar-refractivity contribution is 0.0541. The number of rotatable bonds is 1. The Morgan fingerprint density at radius 3 is 2.54 bits per heavy atom. The van der Waals surface area contributed by atoms with E-state index in [1.54, 1.807) is 0 Å². The molecule has 2 heterocycles. The summed E-state index contributed by atoms with van der Waals surface area (Å²) >= 11 is 0. The van der Waals surface area contributed by atoms with Crippen molar-refractivity contribution < 1.29 is 5.11 Å². The molecule has 1 unspecified atom stereocenters. The lowest BCUT2D eigenvalue weighted by Crippen LogP contribution is -2.49. The second-order valence-corrected chi connectivity index (χ2v) is 4.27. The minimum atomic E-state index is -0.0344. The van der Waals surface area contributed by atoms with Gasteiger partial charge in [-0.1, -0.05) is 0 Å². The van der Waals surface area contributed by atoms with Crippen LogP contribution in [0.3, 0.4) is 0 Å². The normalized spacial score (nSPS) is 33.5. The Morgan fingerprint density at radius 2 is 1.92 bits per heavy atom. The molecule has 13 heavy (non-hydrogen) atoms. The summed E-state index contributed by atoms with van der Waals surface area (Å²) < 4.78 is 0. The monoisotopic (exact) mass is 184 g/mol. The molecule has 3 heteroatoms. The van der Waals surface area contributed by atoms with E-state index in [-0.39, 0.29) is 6.10 Å². The Bertz CT molecular complexity index is 149. The minimum absolute atomic E-state index is 0.0344. The molecule has 0 radical (unpaired) electrons. The van der Waals surface area contributed by atoms with E-state index >= 15 is 0 Å². The van der Waals surface area contributed by atoms with Crippen molar-refractivity contribution in [1.82, 2.24) is 10.2 Å². The van der Waals surface area contributed by atoms with Gasteiger partial charge in [-0.2, -0.15) is 0 Å². The molecule has 76 valence electrons. The van der Waals surface area contributed by atoms with Crippen LogP contribution in [0.2, 0.25) is 0 Å². The largest absolute Gasteiger partial charge is 0.393 e. The highest BCUT2D eigenvalue weighted by molar-refractivity contribution is 4.82. The first-order valence-electron chi connectivity index (χ1n) is 5.49. The number of likely N-dealkylation sites (tertiary alicyclic amines) is 1. The Hall–Kier alpha value is -0.120. The second kappa shape index (κ2) is 4.40. The SMILES string of the molecule is OC1CCN(C2CCCNC2)CC1. The van der Waals surface area contributed by atoms with Crippen molar-refractivity contribution in [2.75, 3.05) is 26.2 Å². The van der Waals surface area contributed by atoms with Crippen LogP contribution in [-0.4, -0.2) is 48.3 Å². The van der Waals surface area contributed by atoms with Gasteiger partial charge in [-0.25, -0.2) is 0 Å². The Labute approximate surface area is 80.1 Å². The van der Waals surface area contributed by atoms with Crippen LogP contribution >= 0.6 is 0 Å². The summed E-state index contributed by atoms with van der Waals surface area (Å²) in [5.41, 5.74) is 0. The van der Waals surface area contributed by atoms with E-state index in [1.807, 2.05) is 0 Å². The predicted molar refractivity (Wildman–Crippen MR) is 52.7 cm³/mol. The molecule has 3 nitrogen and oxygen atoms in total. The van der Waals surface area contributed by atoms with Crippen molar-refractivity contribution in [1.29, 1.82) is 0 Å². The van der Waals surface area contributed by atoms with Crippen molar-refractivity contribution in [3.8, 4) is 0 Å². The van der Waals surface area contributed by atoms with E-state index in [4.69, 9.17) is 0 Å². The van der Waals surface area contributed by atoms with Gasteiger partial charge in [0.05, 0.1) is 6.10 Å². The third-order valence-electron chi connectivity index (χ3n) is 3.29. The molecule has 0 spiro atoms. The molecule has 0 aliphatic carbocycles. The maximum Gasteiger partial charge on any atom is 0.0564 e. The first kappa shape index (κ1) is 9.44. The molecule has 0 bridgehead atoms. The molecule has 1 atom stereocenters. The molecular weight excluding hydrogens is 164 g/mol. The average Bonchev–Trinajstić information content (AvgIpc) is 2.20. The topological polar surface area (TPSA) is 35.5 Å². The highest BCUT2D eigenvalue weighted by atomic mass is 16.3. The first-order valence-corrected chi connectivity index (χ1v) is 5.49. The molecule has 2 aliphatic heterocycles. The van der Waals surface area contributed by atoms with Gasteiger partial charge in [-0.15, -0.1) is 0 Å². The summed E-state index contributed by atoms with van der Waals surface area (Å²) in [6.07, 6.45) is 4.55. The number of piperidine rings is 2. The Balaban J connectivity index is 1.79. The average molecular weight is 184 g/mol. The molecule has 2 aliphatic rings. The summed E-state index contributed by atoms with van der Waals surface area (Å²) in [5, 5.41) is 12.8. The van der Waals surface area contributed by atoms with Crippen molar-refractivity contribution >= 4 is 0 Å². The van der Waals surface area contributed by atoms with Crippen LogP contribution < -0.4 is 5.32 Å². The smallest absolute Gasteiger partial charge is 0.0564 e. The number of aliphatic hydroxyl groups excluding tert-OH is 1. The van der Waals surface area contributed by atoms with Gasteiger partial charge in [0, 0.05) is 25.7 Å². The fourth-order valence-corrected chi connectivity index (χ4v) is 2.40. The highest BCUT2D eigenvalue weighted by Crippen LogP contribution is 2.16. The lowest BCUT2D eigenvalue weighted by atomic mass is 10.0. The van der Waals surface area contributed by atoms with Gasteiger partial charge >= 0.3 is 0 Å². The summed E-state index contributed by atoms with van der Waals surface area (Å²) in [6, 6.07) is 0.737. The fourth-order valence-electron chi connectivity index (χ4n) is 2.40. The zero-order valence-corrected chi connectivity index (χ0v) is 8.21. The number of hydrogen-bond acceptors (Lipinski definition) is 3. The van der Waals surface area contributed by atoms with Gasteiger partial charge in [-0.3, -0.25) is 4.90 Å². The lowest BCUT2D eigenvalue weighted by Gasteiger charge is -2.38. The van der Waals surface area contributed by atoms with Crippen molar-refractivity contribution in [2.45, 2.75) is 37.8 Å². The van der Waals surface area contributed by atoms with Gasteiger partial charge in [0.2, 0.25) is 0 Å². The standard InChI is InChI=1S/C10H20N2O/c13-10-3-6-12(7-4-10)9-2-1-5-11-8-9/h9-11,13H,1-8H2. The van der Waals surface area contributed by atoms with E-state index in [2.05, 4.69) is 10.2 Å². The van der Waals surface area contributed by atoms with Crippen molar-refractivity contribution in [3.05, 3.63) is 0 Å². The Kier molecular flexibility index (Phi) is 3.19. The van der Waals surface area contributed by atoms with Gasteiger partial charge in [0.1, 0.15) is 0 Å². The van der Waals surface area contributed by atoms with Gasteiger partial charge in [0.15, 0.2) is 0 Å². The summed E-state index contributed by atoms with van der Waals surface area (Å²) in [6.45, 7) is 4.52. The van der Waals surface area contributed by atoms with Gasteiger partial charge < -0.3 is 10.4 Å². The predicted octanol–water partition coefficient (Wildman–Crippen LogP) is 0.195. The number of aliphatic hydroxyl groups is 1. The molecular formula is C10H20N2O.